The van der Waals surface area contributed by atoms with Crippen LogP contribution in [0.3, 0.4) is 0 Å². The first kappa shape index (κ1) is 29.0. The van der Waals surface area contributed by atoms with Gasteiger partial charge in [-0.1, -0.05) is 18.2 Å². The van der Waals surface area contributed by atoms with Crippen molar-refractivity contribution < 1.29 is 9.59 Å². The number of quaternary nitrogens is 2. The topological polar surface area (TPSA) is 108 Å². The SMILES string of the molecule is C[N+](C)(C)c1ccc(NC(=O)c2ccc(-c3ccc(C(=O)Nc4ccc([N+](C)(C)C)c(C#N)c4)cc3N)cc2)cc1. The van der Waals surface area contributed by atoms with Crippen molar-refractivity contribution >= 4 is 40.3 Å². The minimum absolute atomic E-state index is 0.205. The Morgan fingerprint density at radius 2 is 1.24 bits per heavy atom. The fourth-order valence-corrected chi connectivity index (χ4v) is 4.45. The average molecular weight is 549 g/mol. The summed E-state index contributed by atoms with van der Waals surface area (Å²) in [5.74, 6) is -0.532. The molecule has 0 saturated heterocycles. The molecule has 0 spiro atoms. The van der Waals surface area contributed by atoms with Gasteiger partial charge in [0.15, 0.2) is 0 Å². The molecule has 4 aromatic carbocycles. The van der Waals surface area contributed by atoms with E-state index < -0.39 is 0 Å². The molecule has 208 valence electrons. The maximum absolute atomic E-state index is 12.9. The van der Waals surface area contributed by atoms with Crippen LogP contribution in [0.1, 0.15) is 26.3 Å². The highest BCUT2D eigenvalue weighted by molar-refractivity contribution is 6.06. The first-order chi connectivity index (χ1) is 19.3. The first-order valence-corrected chi connectivity index (χ1v) is 13.2. The molecule has 8 heteroatoms. The van der Waals surface area contributed by atoms with Gasteiger partial charge in [0.1, 0.15) is 23.0 Å². The Labute approximate surface area is 241 Å². The van der Waals surface area contributed by atoms with Crippen LogP contribution in [0.2, 0.25) is 0 Å². The number of amides is 2. The van der Waals surface area contributed by atoms with Gasteiger partial charge < -0.3 is 16.4 Å². The van der Waals surface area contributed by atoms with Crippen molar-refractivity contribution in [1.82, 2.24) is 8.97 Å². The molecular formula is C33H36N6O2+2. The van der Waals surface area contributed by atoms with Crippen LogP contribution in [-0.2, 0) is 0 Å². The van der Waals surface area contributed by atoms with Gasteiger partial charge in [0.25, 0.3) is 11.8 Å². The number of rotatable bonds is 7. The second-order valence-electron chi connectivity index (χ2n) is 11.7. The predicted molar refractivity (Wildman–Crippen MR) is 169 cm³/mol. The third-order valence-electron chi connectivity index (χ3n) is 6.77. The molecule has 2 amide bonds. The van der Waals surface area contributed by atoms with Crippen molar-refractivity contribution in [2.75, 3.05) is 58.7 Å². The summed E-state index contributed by atoms with van der Waals surface area (Å²) in [7, 11) is 12.2. The molecule has 0 radical (unpaired) electrons. The highest BCUT2D eigenvalue weighted by Crippen LogP contribution is 2.29. The maximum atomic E-state index is 12.9. The molecule has 0 bridgehead atoms. The molecule has 0 aliphatic carbocycles. The number of hydrogen-bond acceptors (Lipinski definition) is 4. The number of nitrogens with one attached hydrogen (secondary N) is 2. The van der Waals surface area contributed by atoms with E-state index in [1.54, 1.807) is 42.5 Å². The molecule has 0 atom stereocenters. The van der Waals surface area contributed by atoms with Gasteiger partial charge in [-0.2, -0.15) is 5.26 Å². The van der Waals surface area contributed by atoms with Crippen molar-refractivity contribution in [2.24, 2.45) is 0 Å². The molecule has 41 heavy (non-hydrogen) atoms. The Bertz CT molecular complexity index is 1640. The van der Waals surface area contributed by atoms with Gasteiger partial charge in [-0.15, -0.1) is 0 Å². The molecule has 0 aromatic heterocycles. The van der Waals surface area contributed by atoms with E-state index in [2.05, 4.69) is 37.8 Å². The van der Waals surface area contributed by atoms with Gasteiger partial charge in [-0.25, -0.2) is 0 Å². The van der Waals surface area contributed by atoms with Crippen molar-refractivity contribution in [2.45, 2.75) is 0 Å². The van der Waals surface area contributed by atoms with Gasteiger partial charge in [0, 0.05) is 52.0 Å². The normalized spacial score (nSPS) is 11.4. The van der Waals surface area contributed by atoms with Crippen LogP contribution in [0.15, 0.2) is 84.9 Å². The van der Waals surface area contributed by atoms with Crippen LogP contribution in [-0.4, -0.2) is 54.1 Å². The van der Waals surface area contributed by atoms with Crippen molar-refractivity contribution in [3.63, 3.8) is 0 Å². The summed E-state index contributed by atoms with van der Waals surface area (Å²) in [6, 6.07) is 27.6. The predicted octanol–water partition coefficient (Wildman–Crippen LogP) is 5.71. The van der Waals surface area contributed by atoms with E-state index in [-0.39, 0.29) is 11.8 Å². The lowest BCUT2D eigenvalue weighted by Crippen LogP contribution is -2.35. The van der Waals surface area contributed by atoms with E-state index in [0.29, 0.717) is 37.0 Å². The van der Waals surface area contributed by atoms with Crippen molar-refractivity contribution in [1.29, 1.82) is 5.26 Å². The fourth-order valence-electron chi connectivity index (χ4n) is 4.45. The molecule has 0 fully saturated rings. The Kier molecular flexibility index (Phi) is 7.97. The van der Waals surface area contributed by atoms with E-state index in [1.165, 1.54) is 0 Å². The molecule has 0 heterocycles. The van der Waals surface area contributed by atoms with Crippen molar-refractivity contribution in [3.05, 3.63) is 102 Å². The van der Waals surface area contributed by atoms with Gasteiger partial charge in [0.2, 0.25) is 0 Å². The van der Waals surface area contributed by atoms with Gasteiger partial charge in [0.05, 0.1) is 42.3 Å². The molecule has 0 saturated carbocycles. The smallest absolute Gasteiger partial charge is 0.255 e. The number of nitrogens with zero attached hydrogens (tertiary/aromatic N) is 3. The zero-order valence-electron chi connectivity index (χ0n) is 24.3. The highest BCUT2D eigenvalue weighted by atomic mass is 16.2. The molecule has 0 aliphatic heterocycles. The van der Waals surface area contributed by atoms with Crippen LogP contribution in [0.25, 0.3) is 11.1 Å². The lowest BCUT2D eigenvalue weighted by atomic mass is 10.00. The van der Waals surface area contributed by atoms with E-state index in [0.717, 1.165) is 28.2 Å². The minimum Gasteiger partial charge on any atom is -0.398 e. The van der Waals surface area contributed by atoms with Crippen molar-refractivity contribution in [3.8, 4) is 17.2 Å². The van der Waals surface area contributed by atoms with Crippen LogP contribution in [0.5, 0.6) is 0 Å². The quantitative estimate of drug-likeness (QED) is 0.203. The van der Waals surface area contributed by atoms with Gasteiger partial charge >= 0.3 is 0 Å². The lowest BCUT2D eigenvalue weighted by Gasteiger charge is -2.24. The molecule has 0 aliphatic rings. The second kappa shape index (κ2) is 11.3. The summed E-state index contributed by atoms with van der Waals surface area (Å²) < 4.78 is 1.18. The average Bonchev–Trinajstić information content (AvgIpc) is 2.92. The summed E-state index contributed by atoms with van der Waals surface area (Å²) in [6.07, 6.45) is 0. The van der Waals surface area contributed by atoms with E-state index >= 15 is 0 Å². The van der Waals surface area contributed by atoms with E-state index in [4.69, 9.17) is 5.73 Å². The number of nitriles is 1. The third-order valence-corrected chi connectivity index (χ3v) is 6.77. The minimum atomic E-state index is -0.327. The number of nitrogens with two attached hydrogens (primary N) is 1. The lowest BCUT2D eigenvalue weighted by molar-refractivity contribution is 0.101. The summed E-state index contributed by atoms with van der Waals surface area (Å²) in [4.78, 5) is 25.7. The number of hydrogen-bond donors (Lipinski definition) is 3. The summed E-state index contributed by atoms with van der Waals surface area (Å²) in [5.41, 5.74) is 13.0. The number of carbonyl (C=O) groups is 2. The zero-order valence-corrected chi connectivity index (χ0v) is 24.3. The number of carbonyl (C=O) groups excluding carboxylic acids is 2. The number of nitrogen functional groups attached to an aromatic ring is 1. The van der Waals surface area contributed by atoms with E-state index in [9.17, 15) is 14.9 Å². The molecule has 4 aromatic rings. The molecule has 4 N–H and O–H groups in total. The van der Waals surface area contributed by atoms with Crippen LogP contribution in [0.4, 0.5) is 28.4 Å². The Morgan fingerprint density at radius 3 is 1.80 bits per heavy atom. The largest absolute Gasteiger partial charge is 0.398 e. The standard InChI is InChI=1S/C33H34N6O2/c1-38(2,3)28-15-12-26(13-16-28)36-32(40)23-9-7-22(8-10-23)29-17-11-24(20-30(29)35)33(41)37-27-14-18-31(39(4,5)6)25(19-27)21-34/h7-20H,1-6H3,(H2-2,35,36,37,40,41)/p+2. The monoisotopic (exact) mass is 548 g/mol. The summed E-state index contributed by atoms with van der Waals surface area (Å²) in [6.45, 7) is 0. The Hall–Kier alpha value is -4.97. The van der Waals surface area contributed by atoms with Gasteiger partial charge in [-0.05, 0) is 54.1 Å². The summed E-state index contributed by atoms with van der Waals surface area (Å²) in [5, 5.41) is 15.3. The van der Waals surface area contributed by atoms with Crippen LogP contribution in [0, 0.1) is 11.3 Å². The Balaban J connectivity index is 1.45. The molecule has 8 nitrogen and oxygen atoms in total. The maximum Gasteiger partial charge on any atom is 0.255 e. The molecular weight excluding hydrogens is 512 g/mol. The third kappa shape index (κ3) is 6.79. The highest BCUT2D eigenvalue weighted by Gasteiger charge is 2.19. The second-order valence-corrected chi connectivity index (χ2v) is 11.7. The fraction of sp³-hybridized carbons (Fsp3) is 0.182. The number of anilines is 3. The molecule has 0 unspecified atom stereocenters. The summed E-state index contributed by atoms with van der Waals surface area (Å²) >= 11 is 0. The first-order valence-electron chi connectivity index (χ1n) is 13.2. The zero-order chi connectivity index (χ0) is 29.9. The van der Waals surface area contributed by atoms with Crippen LogP contribution < -0.4 is 25.3 Å². The molecule has 4 rings (SSSR count). The van der Waals surface area contributed by atoms with E-state index in [1.807, 2.05) is 63.6 Å². The van der Waals surface area contributed by atoms with Gasteiger partial charge in [-0.3, -0.25) is 18.6 Å². The number of benzene rings is 4. The Morgan fingerprint density at radius 1 is 0.683 bits per heavy atom. The van der Waals surface area contributed by atoms with Crippen LogP contribution >= 0.6 is 0 Å².